The molecule has 1 aliphatic rings. The van der Waals surface area contributed by atoms with Crippen molar-refractivity contribution in [1.29, 1.82) is 0 Å². The van der Waals surface area contributed by atoms with Crippen molar-refractivity contribution >= 4 is 43.5 Å². The highest BCUT2D eigenvalue weighted by atomic mass is 79.9. The highest BCUT2D eigenvalue weighted by molar-refractivity contribution is 9.10. The van der Waals surface area contributed by atoms with Crippen LogP contribution in [0.4, 0.5) is 5.69 Å². The fraction of sp³-hybridized carbons (Fsp3) is 0.440. The molecular weight excluding hydrogens is 550 g/mol. The van der Waals surface area contributed by atoms with E-state index in [9.17, 15) is 18.0 Å². The Hall–Kier alpha value is -2.79. The second kappa shape index (κ2) is 12.0. The van der Waals surface area contributed by atoms with Crippen molar-refractivity contribution in [2.45, 2.75) is 40.3 Å². The van der Waals surface area contributed by atoms with Crippen LogP contribution in [0.3, 0.4) is 0 Å². The van der Waals surface area contributed by atoms with Gasteiger partial charge in [0, 0.05) is 23.6 Å². The molecule has 3 rings (SSSR count). The summed E-state index contributed by atoms with van der Waals surface area (Å²) in [4.78, 5) is 28.0. The van der Waals surface area contributed by atoms with Gasteiger partial charge in [0.2, 0.25) is 28.6 Å². The number of carbonyl (C=O) groups excluding carboxylic acids is 2. The van der Waals surface area contributed by atoms with E-state index >= 15 is 0 Å². The molecule has 0 bridgehead atoms. The van der Waals surface area contributed by atoms with E-state index in [1.54, 1.807) is 25.1 Å². The minimum atomic E-state index is -3.82. The van der Waals surface area contributed by atoms with Crippen LogP contribution in [0.1, 0.15) is 33.3 Å². The van der Waals surface area contributed by atoms with Crippen LogP contribution in [0, 0.1) is 5.92 Å². The number of amides is 2. The molecule has 0 spiro atoms. The van der Waals surface area contributed by atoms with Gasteiger partial charge >= 0.3 is 0 Å². The third-order valence-electron chi connectivity index (χ3n) is 5.72. The Morgan fingerprint density at radius 1 is 1.08 bits per heavy atom. The Balaban J connectivity index is 1.92. The predicted molar refractivity (Wildman–Crippen MR) is 141 cm³/mol. The molecule has 0 aliphatic carbocycles. The van der Waals surface area contributed by atoms with E-state index in [1.807, 2.05) is 38.1 Å². The fourth-order valence-electron chi connectivity index (χ4n) is 3.63. The smallest absolute Gasteiger partial charge is 0.244 e. The molecule has 0 aromatic heterocycles. The first-order valence-corrected chi connectivity index (χ1v) is 14.1. The zero-order chi connectivity index (χ0) is 26.5. The van der Waals surface area contributed by atoms with Gasteiger partial charge in [0.05, 0.1) is 11.4 Å². The number of nitrogens with zero attached hydrogens (tertiary/aromatic N) is 2. The molecule has 2 aromatic rings. The number of rotatable bonds is 11. The highest BCUT2D eigenvalue weighted by Gasteiger charge is 2.31. The van der Waals surface area contributed by atoms with E-state index in [-0.39, 0.29) is 36.6 Å². The third kappa shape index (κ3) is 6.91. The van der Waals surface area contributed by atoms with Gasteiger partial charge in [-0.1, -0.05) is 41.9 Å². The van der Waals surface area contributed by atoms with Gasteiger partial charge in [0.1, 0.15) is 12.6 Å². The molecule has 2 aromatic carbocycles. The van der Waals surface area contributed by atoms with Crippen molar-refractivity contribution in [3.63, 3.8) is 0 Å². The summed E-state index contributed by atoms with van der Waals surface area (Å²) in [6.45, 7) is 7.30. The Kier molecular flexibility index (Phi) is 9.24. The molecule has 0 saturated heterocycles. The molecule has 2 amide bonds. The number of anilines is 1. The fourth-order valence-corrected chi connectivity index (χ4v) is 5.13. The van der Waals surface area contributed by atoms with E-state index < -0.39 is 28.5 Å². The summed E-state index contributed by atoms with van der Waals surface area (Å²) in [6, 6.07) is 11.3. The molecule has 1 aliphatic heterocycles. The summed E-state index contributed by atoms with van der Waals surface area (Å²) < 4.78 is 38.7. The summed E-state index contributed by atoms with van der Waals surface area (Å²) in [5.41, 5.74) is 1.09. The van der Waals surface area contributed by atoms with Gasteiger partial charge in [0.25, 0.3) is 0 Å². The second-order valence-corrected chi connectivity index (χ2v) is 12.0. The molecule has 11 heteroatoms. The molecule has 36 heavy (non-hydrogen) atoms. The van der Waals surface area contributed by atoms with Crippen LogP contribution in [0.5, 0.6) is 11.5 Å². The van der Waals surface area contributed by atoms with Gasteiger partial charge in [-0.05, 0) is 49.6 Å². The van der Waals surface area contributed by atoms with Crippen molar-refractivity contribution in [3.8, 4) is 11.5 Å². The lowest BCUT2D eigenvalue weighted by Gasteiger charge is -2.32. The first kappa shape index (κ1) is 27.8. The van der Waals surface area contributed by atoms with E-state index in [0.29, 0.717) is 18.0 Å². The largest absolute Gasteiger partial charge is 0.454 e. The van der Waals surface area contributed by atoms with E-state index in [1.165, 1.54) is 11.8 Å². The van der Waals surface area contributed by atoms with Gasteiger partial charge < -0.3 is 19.7 Å². The first-order chi connectivity index (χ1) is 17.0. The minimum Gasteiger partial charge on any atom is -0.454 e. The zero-order valence-corrected chi connectivity index (χ0v) is 23.3. The molecule has 0 fully saturated rings. The lowest BCUT2D eigenvalue weighted by Crippen LogP contribution is -2.51. The SMILES string of the molecule is CCS(=O)(=O)N(CC(=O)N(Cc1cccc(Br)c1)[C@@H](C)C(=O)NCC(C)C)c1ccc2c(c1)OCO2. The summed E-state index contributed by atoms with van der Waals surface area (Å²) in [5, 5.41) is 2.86. The van der Waals surface area contributed by atoms with Crippen molar-refractivity contribution in [1.82, 2.24) is 10.2 Å². The summed E-state index contributed by atoms with van der Waals surface area (Å²) in [5.74, 6) is 0.142. The number of ether oxygens (including phenoxy) is 2. The van der Waals surface area contributed by atoms with Gasteiger partial charge in [-0.25, -0.2) is 8.42 Å². The molecule has 196 valence electrons. The molecule has 1 atom stereocenters. The van der Waals surface area contributed by atoms with Gasteiger partial charge in [-0.2, -0.15) is 0 Å². The number of hydrogen-bond acceptors (Lipinski definition) is 6. The van der Waals surface area contributed by atoms with Crippen LogP contribution in [-0.4, -0.2) is 56.8 Å². The van der Waals surface area contributed by atoms with Crippen LogP contribution in [0.2, 0.25) is 0 Å². The van der Waals surface area contributed by atoms with Crippen molar-refractivity contribution in [2.24, 2.45) is 5.92 Å². The van der Waals surface area contributed by atoms with E-state index in [0.717, 1.165) is 14.3 Å². The molecular formula is C25H32BrN3O6S. The summed E-state index contributed by atoms with van der Waals surface area (Å²) >= 11 is 3.43. The van der Waals surface area contributed by atoms with Gasteiger partial charge in [0.15, 0.2) is 11.5 Å². The molecule has 1 heterocycles. The van der Waals surface area contributed by atoms with Crippen molar-refractivity contribution in [3.05, 3.63) is 52.5 Å². The lowest BCUT2D eigenvalue weighted by atomic mass is 10.1. The molecule has 0 saturated carbocycles. The average Bonchev–Trinajstić information content (AvgIpc) is 3.31. The number of sulfonamides is 1. The number of nitrogens with one attached hydrogen (secondary N) is 1. The summed E-state index contributed by atoms with van der Waals surface area (Å²) in [6.07, 6.45) is 0. The Morgan fingerprint density at radius 3 is 2.47 bits per heavy atom. The van der Waals surface area contributed by atoms with E-state index in [4.69, 9.17) is 9.47 Å². The maximum Gasteiger partial charge on any atom is 0.244 e. The monoisotopic (exact) mass is 581 g/mol. The second-order valence-electron chi connectivity index (χ2n) is 8.91. The summed E-state index contributed by atoms with van der Waals surface area (Å²) in [7, 11) is -3.82. The van der Waals surface area contributed by atoms with Crippen molar-refractivity contribution < 1.29 is 27.5 Å². The van der Waals surface area contributed by atoms with Gasteiger partial charge in [-0.3, -0.25) is 13.9 Å². The molecule has 9 nitrogen and oxygen atoms in total. The van der Waals surface area contributed by atoms with Crippen LogP contribution < -0.4 is 19.1 Å². The maximum absolute atomic E-state index is 13.7. The number of benzene rings is 2. The molecule has 1 N–H and O–H groups in total. The number of carbonyl (C=O) groups is 2. The normalized spacial score (nSPS) is 13.4. The van der Waals surface area contributed by atoms with Crippen LogP contribution >= 0.6 is 15.9 Å². The minimum absolute atomic E-state index is 0.0433. The first-order valence-electron chi connectivity index (χ1n) is 11.7. The maximum atomic E-state index is 13.7. The number of halogens is 1. The molecule has 0 radical (unpaired) electrons. The van der Waals surface area contributed by atoms with E-state index in [2.05, 4.69) is 21.2 Å². The highest BCUT2D eigenvalue weighted by Crippen LogP contribution is 2.36. The van der Waals surface area contributed by atoms with Crippen LogP contribution in [0.25, 0.3) is 0 Å². The van der Waals surface area contributed by atoms with Gasteiger partial charge in [-0.15, -0.1) is 0 Å². The Labute approximate surface area is 220 Å². The zero-order valence-electron chi connectivity index (χ0n) is 20.9. The van der Waals surface area contributed by atoms with Crippen molar-refractivity contribution in [2.75, 3.05) is 29.9 Å². The Bertz CT molecular complexity index is 1200. The quantitative estimate of drug-likeness (QED) is 0.435. The topological polar surface area (TPSA) is 105 Å². The van der Waals surface area contributed by atoms with Crippen LogP contribution in [-0.2, 0) is 26.2 Å². The van der Waals surface area contributed by atoms with Crippen LogP contribution in [0.15, 0.2) is 46.9 Å². The third-order valence-corrected chi connectivity index (χ3v) is 7.95. The standard InChI is InChI=1S/C25H32BrN3O6S/c1-5-36(32,33)29(21-9-10-22-23(12-21)35-16-34-22)15-24(30)28(14-19-7-6-8-20(26)11-19)18(4)25(31)27-13-17(2)3/h6-12,17-18H,5,13-16H2,1-4H3,(H,27,31)/t18-/m0/s1. The average molecular weight is 583 g/mol. The predicted octanol–water partition coefficient (Wildman–Crippen LogP) is 3.52. The Morgan fingerprint density at radius 2 is 1.81 bits per heavy atom. The molecule has 0 unspecified atom stereocenters. The lowest BCUT2D eigenvalue weighted by molar-refractivity contribution is -0.139. The number of hydrogen-bond donors (Lipinski definition) is 1. The number of fused-ring (bicyclic) bond motifs is 1.